The Kier molecular flexibility index (Phi) is 9.40. The van der Waals surface area contributed by atoms with Crippen LogP contribution in [0.25, 0.3) is 16.3 Å². The van der Waals surface area contributed by atoms with Crippen LogP contribution in [0.2, 0.25) is 0 Å². The summed E-state index contributed by atoms with van der Waals surface area (Å²) < 4.78 is 57.4. The van der Waals surface area contributed by atoms with Crippen molar-refractivity contribution in [2.75, 3.05) is 25.0 Å². The molecule has 0 atom stereocenters. The Balaban J connectivity index is 0.000000295. The maximum Gasteiger partial charge on any atom is 0.263 e. The van der Waals surface area contributed by atoms with Gasteiger partial charge < -0.3 is 28.4 Å². The van der Waals surface area contributed by atoms with E-state index in [0.717, 1.165) is 60.9 Å². The quantitative estimate of drug-likeness (QED) is 0.144. The van der Waals surface area contributed by atoms with E-state index in [1.165, 1.54) is 66.1 Å². The molecule has 0 amide bonds. The first kappa shape index (κ1) is 33.5. The first-order valence-electron chi connectivity index (χ1n) is 16.5. The van der Waals surface area contributed by atoms with E-state index in [1.807, 2.05) is 30.0 Å². The normalized spacial score (nSPS) is 18.0. The molecule has 8 rings (SSSR count). The highest BCUT2D eigenvalue weighted by atomic mass is 32.2. The number of aryl methyl sites for hydroxylation is 2. The van der Waals surface area contributed by atoms with Crippen molar-refractivity contribution < 1.29 is 36.5 Å². The van der Waals surface area contributed by atoms with E-state index in [0.29, 0.717) is 13.6 Å². The molecule has 9 nitrogen and oxygen atoms in total. The lowest BCUT2D eigenvalue weighted by Gasteiger charge is -2.23. The maximum atomic E-state index is 10.4. The molecule has 1 aromatic heterocycles. The number of benzene rings is 3. The van der Waals surface area contributed by atoms with Gasteiger partial charge in [0.25, 0.3) is 5.01 Å². The topological polar surface area (TPSA) is 101 Å². The molecule has 0 radical (unpaired) electrons. The summed E-state index contributed by atoms with van der Waals surface area (Å²) in [4.78, 5) is 3.46. The van der Waals surface area contributed by atoms with Gasteiger partial charge in [0.05, 0.1) is 21.7 Å². The third-order valence-electron chi connectivity index (χ3n) is 9.01. The summed E-state index contributed by atoms with van der Waals surface area (Å²) in [6.07, 6.45) is 9.29. The molecule has 3 aromatic carbocycles. The van der Waals surface area contributed by atoms with Crippen LogP contribution in [0.4, 0.5) is 5.69 Å². The van der Waals surface area contributed by atoms with Crippen LogP contribution in [0, 0.1) is 6.92 Å². The Morgan fingerprint density at radius 3 is 2.22 bits per heavy atom. The van der Waals surface area contributed by atoms with E-state index >= 15 is 0 Å². The molecule has 0 saturated heterocycles. The van der Waals surface area contributed by atoms with Crippen LogP contribution in [0.15, 0.2) is 86.1 Å². The van der Waals surface area contributed by atoms with E-state index < -0.39 is 10.1 Å². The zero-order valence-corrected chi connectivity index (χ0v) is 30.4. The van der Waals surface area contributed by atoms with Crippen LogP contribution in [0.1, 0.15) is 57.0 Å². The molecule has 0 saturated carbocycles. The van der Waals surface area contributed by atoms with E-state index in [2.05, 4.69) is 66.7 Å². The SMILES string of the molecule is CCC1=C(/C=C2\Sc3cc4c(cc3N2CC)OCO4)CCC/C1=C/c1sc2cc3c(cc2[n+]1CC)OCO3.Cc1ccc(S(=O)(=O)[O-])cc1. The molecular formula is C37H38N2O7S3. The fourth-order valence-corrected chi connectivity index (χ4v) is 9.48. The fourth-order valence-electron chi connectivity index (χ4n) is 6.60. The second kappa shape index (κ2) is 13.7. The molecular weight excluding hydrogens is 681 g/mol. The average molecular weight is 719 g/mol. The molecule has 49 heavy (non-hydrogen) atoms. The van der Waals surface area contributed by atoms with Gasteiger partial charge in [0.2, 0.25) is 19.1 Å². The molecule has 4 heterocycles. The van der Waals surface area contributed by atoms with Gasteiger partial charge >= 0.3 is 0 Å². The number of allylic oxidation sites excluding steroid dienone is 4. The molecule has 256 valence electrons. The number of thiazole rings is 1. The van der Waals surface area contributed by atoms with Gasteiger partial charge in [-0.05, 0) is 81.4 Å². The summed E-state index contributed by atoms with van der Waals surface area (Å²) in [5.41, 5.74) is 7.77. The Bertz CT molecular complexity index is 2130. The lowest BCUT2D eigenvalue weighted by atomic mass is 9.85. The predicted molar refractivity (Wildman–Crippen MR) is 192 cm³/mol. The molecule has 0 spiro atoms. The smallest absolute Gasteiger partial charge is 0.263 e. The van der Waals surface area contributed by atoms with Crippen LogP contribution < -0.4 is 28.4 Å². The zero-order valence-electron chi connectivity index (χ0n) is 27.9. The van der Waals surface area contributed by atoms with Crippen molar-refractivity contribution in [2.45, 2.75) is 69.7 Å². The van der Waals surface area contributed by atoms with E-state index in [1.54, 1.807) is 12.1 Å². The number of nitrogens with zero attached hydrogens (tertiary/aromatic N) is 2. The van der Waals surface area contributed by atoms with Gasteiger partial charge in [-0.3, -0.25) is 0 Å². The minimum absolute atomic E-state index is 0.178. The van der Waals surface area contributed by atoms with Gasteiger partial charge in [0.1, 0.15) is 21.4 Å². The van der Waals surface area contributed by atoms with Crippen LogP contribution >= 0.6 is 23.1 Å². The number of aromatic nitrogens is 1. The van der Waals surface area contributed by atoms with Crippen molar-refractivity contribution in [2.24, 2.45) is 0 Å². The Labute approximate surface area is 295 Å². The number of hydrogen-bond donors (Lipinski definition) is 0. The molecule has 0 bridgehead atoms. The van der Waals surface area contributed by atoms with E-state index in [-0.39, 0.29) is 4.90 Å². The fraction of sp³-hybridized carbons (Fsp3) is 0.324. The largest absolute Gasteiger partial charge is 0.744 e. The van der Waals surface area contributed by atoms with Crippen molar-refractivity contribution >= 4 is 55.2 Å². The highest BCUT2D eigenvalue weighted by Crippen LogP contribution is 2.52. The van der Waals surface area contributed by atoms with Gasteiger partial charge in [-0.25, -0.2) is 8.42 Å². The molecule has 12 heteroatoms. The highest BCUT2D eigenvalue weighted by molar-refractivity contribution is 8.03. The first-order valence-corrected chi connectivity index (χ1v) is 19.5. The highest BCUT2D eigenvalue weighted by Gasteiger charge is 2.30. The third-order valence-corrected chi connectivity index (χ3v) is 12.0. The van der Waals surface area contributed by atoms with Gasteiger partial charge in [0.15, 0.2) is 23.0 Å². The summed E-state index contributed by atoms with van der Waals surface area (Å²) >= 11 is 3.68. The molecule has 4 aliphatic rings. The van der Waals surface area contributed by atoms with Gasteiger partial charge in [-0.1, -0.05) is 47.7 Å². The summed E-state index contributed by atoms with van der Waals surface area (Å²) in [5.74, 6) is 3.38. The summed E-state index contributed by atoms with van der Waals surface area (Å²) in [6.45, 7) is 11.0. The summed E-state index contributed by atoms with van der Waals surface area (Å²) in [7, 11) is -4.27. The number of thioether (sulfide) groups is 1. The number of ether oxygens (including phenoxy) is 4. The van der Waals surface area contributed by atoms with Crippen LogP contribution in [0.3, 0.4) is 0 Å². The molecule has 0 N–H and O–H groups in total. The zero-order chi connectivity index (χ0) is 34.3. The molecule has 3 aliphatic heterocycles. The maximum absolute atomic E-state index is 10.4. The van der Waals surface area contributed by atoms with Crippen LogP contribution in [0.5, 0.6) is 23.0 Å². The minimum Gasteiger partial charge on any atom is -0.744 e. The van der Waals surface area contributed by atoms with E-state index in [4.69, 9.17) is 18.9 Å². The summed E-state index contributed by atoms with van der Waals surface area (Å²) in [6, 6.07) is 14.3. The van der Waals surface area contributed by atoms with Crippen LogP contribution in [-0.4, -0.2) is 33.1 Å². The summed E-state index contributed by atoms with van der Waals surface area (Å²) in [5, 5.41) is 2.57. The first-order chi connectivity index (χ1) is 23.7. The molecule has 0 unspecified atom stereocenters. The van der Waals surface area contributed by atoms with Gasteiger partial charge in [0, 0.05) is 35.7 Å². The van der Waals surface area contributed by atoms with Crippen molar-refractivity contribution in [1.29, 1.82) is 0 Å². The Hall–Kier alpha value is -3.97. The molecule has 4 aromatic rings. The molecule has 0 fully saturated rings. The van der Waals surface area contributed by atoms with E-state index in [9.17, 15) is 13.0 Å². The Morgan fingerprint density at radius 2 is 1.57 bits per heavy atom. The second-order valence-corrected chi connectivity index (χ2v) is 15.5. The number of hydrogen-bond acceptors (Lipinski definition) is 10. The number of anilines is 1. The predicted octanol–water partition coefficient (Wildman–Crippen LogP) is 8.31. The van der Waals surface area contributed by atoms with Crippen molar-refractivity contribution in [1.82, 2.24) is 0 Å². The van der Waals surface area contributed by atoms with Crippen molar-refractivity contribution in [3.05, 3.63) is 86.9 Å². The second-order valence-electron chi connectivity index (χ2n) is 12.0. The lowest BCUT2D eigenvalue weighted by molar-refractivity contribution is -0.665. The van der Waals surface area contributed by atoms with Crippen molar-refractivity contribution in [3.8, 4) is 23.0 Å². The Morgan fingerprint density at radius 1 is 0.898 bits per heavy atom. The van der Waals surface area contributed by atoms with Gasteiger partial charge in [-0.2, -0.15) is 4.57 Å². The van der Waals surface area contributed by atoms with Crippen molar-refractivity contribution in [3.63, 3.8) is 0 Å². The average Bonchev–Trinajstić information content (AvgIpc) is 3.87. The number of fused-ring (bicyclic) bond motifs is 4. The lowest BCUT2D eigenvalue weighted by Crippen LogP contribution is -2.33. The van der Waals surface area contributed by atoms with Crippen LogP contribution in [-0.2, 0) is 16.7 Å². The molecule has 1 aliphatic carbocycles. The standard InChI is InChI=1S/C30H31N2O4S2.C7H8O3S/c1-4-20-18(10-29-31(5-2)21-12-23-25(35-16-33-23)14-27(21)37-29)8-7-9-19(20)11-30-32(6-3)22-13-24-26(36-17-34-24)15-28(22)38-30;1-6-2-4-7(5-3-6)11(8,9)10/h10-15H,4-9,16-17H2,1-3H3;2-5H,1H3,(H,8,9,10)/q+1;/p-1. The van der Waals surface area contributed by atoms with Gasteiger partial charge in [-0.15, -0.1) is 0 Å². The minimum atomic E-state index is -4.27. The monoisotopic (exact) mass is 718 g/mol. The number of rotatable bonds is 6. The third kappa shape index (κ3) is 6.66.